The van der Waals surface area contributed by atoms with Crippen molar-refractivity contribution in [2.45, 2.75) is 6.92 Å². The topological polar surface area (TPSA) is 47.0 Å². The average molecular weight is 294 g/mol. The van der Waals surface area contributed by atoms with Crippen molar-refractivity contribution < 1.29 is 4.74 Å². The van der Waals surface area contributed by atoms with E-state index in [0.29, 0.717) is 5.95 Å². The van der Waals surface area contributed by atoms with Crippen LogP contribution in [0.5, 0.6) is 5.75 Å². The first-order valence-corrected chi connectivity index (χ1v) is 5.89. The number of hydrogen-bond donors (Lipinski definition) is 1. The molecule has 0 radical (unpaired) electrons. The van der Waals surface area contributed by atoms with Crippen LogP contribution in [0.1, 0.15) is 5.69 Å². The Morgan fingerprint density at radius 3 is 2.76 bits per heavy atom. The van der Waals surface area contributed by atoms with E-state index in [4.69, 9.17) is 4.74 Å². The molecule has 1 N–H and O–H groups in total. The Morgan fingerprint density at radius 2 is 2.06 bits per heavy atom. The van der Waals surface area contributed by atoms with Gasteiger partial charge in [0.2, 0.25) is 5.95 Å². The zero-order valence-corrected chi connectivity index (χ0v) is 11.2. The van der Waals surface area contributed by atoms with E-state index in [1.807, 2.05) is 37.3 Å². The molecule has 88 valence electrons. The van der Waals surface area contributed by atoms with E-state index >= 15 is 0 Å². The Kier molecular flexibility index (Phi) is 3.58. The monoisotopic (exact) mass is 293 g/mol. The molecule has 0 bridgehead atoms. The Bertz CT molecular complexity index is 511. The second-order valence-corrected chi connectivity index (χ2v) is 4.33. The number of hydrogen-bond acceptors (Lipinski definition) is 4. The van der Waals surface area contributed by atoms with Crippen molar-refractivity contribution in [3.05, 3.63) is 40.6 Å². The molecule has 0 aliphatic rings. The first kappa shape index (κ1) is 11.9. The highest BCUT2D eigenvalue weighted by Gasteiger charge is 2.01. The highest BCUT2D eigenvalue weighted by Crippen LogP contribution is 2.20. The lowest BCUT2D eigenvalue weighted by atomic mass is 10.3. The maximum Gasteiger partial charge on any atom is 0.228 e. The van der Waals surface area contributed by atoms with Crippen LogP contribution < -0.4 is 10.1 Å². The second-order valence-electron chi connectivity index (χ2n) is 3.51. The molecule has 0 unspecified atom stereocenters. The van der Waals surface area contributed by atoms with Gasteiger partial charge in [0.1, 0.15) is 10.4 Å². The summed E-state index contributed by atoms with van der Waals surface area (Å²) >= 11 is 3.34. The molecule has 0 fully saturated rings. The number of rotatable bonds is 3. The molecule has 2 rings (SSSR count). The van der Waals surface area contributed by atoms with Crippen molar-refractivity contribution in [2.75, 3.05) is 12.4 Å². The summed E-state index contributed by atoms with van der Waals surface area (Å²) in [6.45, 7) is 1.92. The van der Waals surface area contributed by atoms with Gasteiger partial charge in [-0.1, -0.05) is 6.07 Å². The van der Waals surface area contributed by atoms with Gasteiger partial charge in [-0.3, -0.25) is 0 Å². The van der Waals surface area contributed by atoms with E-state index < -0.39 is 0 Å². The number of nitrogens with one attached hydrogen (secondary N) is 1. The molecule has 0 saturated heterocycles. The summed E-state index contributed by atoms with van der Waals surface area (Å²) in [6.07, 6.45) is 0. The van der Waals surface area contributed by atoms with Crippen LogP contribution in [0, 0.1) is 6.92 Å². The van der Waals surface area contributed by atoms with Crippen LogP contribution in [0.25, 0.3) is 0 Å². The van der Waals surface area contributed by atoms with Crippen molar-refractivity contribution in [2.24, 2.45) is 0 Å². The van der Waals surface area contributed by atoms with Crippen molar-refractivity contribution in [3.8, 4) is 5.75 Å². The Hall–Kier alpha value is -1.62. The molecule has 1 aromatic carbocycles. The average Bonchev–Trinajstić information content (AvgIpc) is 2.28. The predicted octanol–water partition coefficient (Wildman–Crippen LogP) is 3.30. The zero-order valence-electron chi connectivity index (χ0n) is 9.57. The summed E-state index contributed by atoms with van der Waals surface area (Å²) in [5, 5.41) is 3.13. The molecule has 0 amide bonds. The number of aromatic nitrogens is 2. The lowest BCUT2D eigenvalue weighted by Crippen LogP contribution is -1.98. The van der Waals surface area contributed by atoms with Crippen LogP contribution in [0.4, 0.5) is 11.6 Å². The van der Waals surface area contributed by atoms with Crippen LogP contribution >= 0.6 is 15.9 Å². The molecule has 1 aromatic heterocycles. The van der Waals surface area contributed by atoms with E-state index in [1.165, 1.54) is 0 Å². The summed E-state index contributed by atoms with van der Waals surface area (Å²) in [4.78, 5) is 8.53. The lowest BCUT2D eigenvalue weighted by molar-refractivity contribution is 0.415. The Balaban J connectivity index is 2.24. The molecule has 2 aromatic rings. The van der Waals surface area contributed by atoms with Gasteiger partial charge in [-0.15, -0.1) is 0 Å². The molecule has 0 aliphatic carbocycles. The maximum atomic E-state index is 5.15. The molecule has 1 heterocycles. The first-order chi connectivity index (χ1) is 8.17. The molecule has 0 saturated carbocycles. The normalized spacial score (nSPS) is 10.1. The Labute approximate surface area is 108 Å². The fourth-order valence-electron chi connectivity index (χ4n) is 1.42. The third kappa shape index (κ3) is 3.17. The highest BCUT2D eigenvalue weighted by molar-refractivity contribution is 9.10. The fourth-order valence-corrected chi connectivity index (χ4v) is 1.92. The van der Waals surface area contributed by atoms with Crippen LogP contribution in [-0.2, 0) is 0 Å². The third-order valence-electron chi connectivity index (χ3n) is 2.15. The highest BCUT2D eigenvalue weighted by atomic mass is 79.9. The zero-order chi connectivity index (χ0) is 12.3. The van der Waals surface area contributed by atoms with Gasteiger partial charge < -0.3 is 10.1 Å². The summed E-state index contributed by atoms with van der Waals surface area (Å²) in [5.74, 6) is 1.35. The SMILES string of the molecule is COc1cccc(Nc2nc(C)cc(Br)n2)c1. The molecular formula is C12H12BrN3O. The van der Waals surface area contributed by atoms with Gasteiger partial charge in [-0.25, -0.2) is 9.97 Å². The molecule has 0 spiro atoms. The quantitative estimate of drug-likeness (QED) is 0.882. The van der Waals surface area contributed by atoms with Gasteiger partial charge >= 0.3 is 0 Å². The maximum absolute atomic E-state index is 5.15. The van der Waals surface area contributed by atoms with Crippen molar-refractivity contribution in [1.82, 2.24) is 9.97 Å². The van der Waals surface area contributed by atoms with Crippen LogP contribution in [0.15, 0.2) is 34.9 Å². The number of anilines is 2. The molecule has 5 heteroatoms. The lowest BCUT2D eigenvalue weighted by Gasteiger charge is -2.07. The molecule has 0 aliphatic heterocycles. The number of methoxy groups -OCH3 is 1. The molecule has 17 heavy (non-hydrogen) atoms. The van der Waals surface area contributed by atoms with Gasteiger partial charge in [0.25, 0.3) is 0 Å². The van der Waals surface area contributed by atoms with Crippen molar-refractivity contribution in [1.29, 1.82) is 0 Å². The van der Waals surface area contributed by atoms with Crippen LogP contribution in [0.3, 0.4) is 0 Å². The van der Waals surface area contributed by atoms with Crippen LogP contribution in [-0.4, -0.2) is 17.1 Å². The molecule has 0 atom stereocenters. The summed E-state index contributed by atoms with van der Waals surface area (Å²) < 4.78 is 5.91. The van der Waals surface area contributed by atoms with E-state index in [2.05, 4.69) is 31.2 Å². The summed E-state index contributed by atoms with van der Waals surface area (Å²) in [6, 6.07) is 9.47. The minimum Gasteiger partial charge on any atom is -0.497 e. The van der Waals surface area contributed by atoms with Crippen molar-refractivity contribution in [3.63, 3.8) is 0 Å². The van der Waals surface area contributed by atoms with Crippen molar-refractivity contribution >= 4 is 27.6 Å². The standard InChI is InChI=1S/C12H12BrN3O/c1-8-6-11(13)16-12(14-8)15-9-4-3-5-10(7-9)17-2/h3-7H,1-2H3,(H,14,15,16). The van der Waals surface area contributed by atoms with Gasteiger partial charge in [-0.2, -0.15) is 0 Å². The molecular weight excluding hydrogens is 282 g/mol. The van der Waals surface area contributed by atoms with Gasteiger partial charge in [0.15, 0.2) is 0 Å². The van der Waals surface area contributed by atoms with E-state index in [1.54, 1.807) is 7.11 Å². The smallest absolute Gasteiger partial charge is 0.228 e. The first-order valence-electron chi connectivity index (χ1n) is 5.09. The van der Waals surface area contributed by atoms with E-state index in [-0.39, 0.29) is 0 Å². The van der Waals surface area contributed by atoms with Crippen LogP contribution in [0.2, 0.25) is 0 Å². The predicted molar refractivity (Wildman–Crippen MR) is 70.7 cm³/mol. The fraction of sp³-hybridized carbons (Fsp3) is 0.167. The van der Waals surface area contributed by atoms with Gasteiger partial charge in [0, 0.05) is 17.4 Å². The minimum absolute atomic E-state index is 0.560. The van der Waals surface area contributed by atoms with Gasteiger partial charge in [-0.05, 0) is 41.1 Å². The van der Waals surface area contributed by atoms with E-state index in [9.17, 15) is 0 Å². The summed E-state index contributed by atoms with van der Waals surface area (Å²) in [5.41, 5.74) is 1.79. The number of benzene rings is 1. The number of aryl methyl sites for hydroxylation is 1. The van der Waals surface area contributed by atoms with E-state index in [0.717, 1.165) is 21.7 Å². The summed E-state index contributed by atoms with van der Waals surface area (Å²) in [7, 11) is 1.64. The number of nitrogens with zero attached hydrogens (tertiary/aromatic N) is 2. The number of ether oxygens (including phenoxy) is 1. The third-order valence-corrected chi connectivity index (χ3v) is 2.56. The number of halogens is 1. The second kappa shape index (κ2) is 5.14. The molecule has 4 nitrogen and oxygen atoms in total. The minimum atomic E-state index is 0.560. The Morgan fingerprint density at radius 1 is 1.24 bits per heavy atom. The largest absolute Gasteiger partial charge is 0.497 e. The van der Waals surface area contributed by atoms with Gasteiger partial charge in [0.05, 0.1) is 7.11 Å².